The highest BCUT2D eigenvalue weighted by Crippen LogP contribution is 2.22. The van der Waals surface area contributed by atoms with Crippen molar-refractivity contribution >= 4 is 58.5 Å². The highest BCUT2D eigenvalue weighted by atomic mass is 35.5. The van der Waals surface area contributed by atoms with E-state index in [9.17, 15) is 14.4 Å². The molecular formula is C31H26ClN3O4S. The minimum Gasteiger partial charge on any atom is -0.497 e. The normalized spacial score (nSPS) is 10.9. The quantitative estimate of drug-likeness (QED) is 0.149. The molecule has 0 aliphatic rings. The maximum absolute atomic E-state index is 13.2. The van der Waals surface area contributed by atoms with Crippen molar-refractivity contribution in [3.63, 3.8) is 0 Å². The lowest BCUT2D eigenvalue weighted by Crippen LogP contribution is -2.30. The van der Waals surface area contributed by atoms with Gasteiger partial charge in [0, 0.05) is 26.9 Å². The number of halogens is 1. The minimum absolute atomic E-state index is 0.0739. The molecule has 4 rings (SSSR count). The van der Waals surface area contributed by atoms with Crippen LogP contribution in [0.1, 0.15) is 15.9 Å². The van der Waals surface area contributed by atoms with Crippen molar-refractivity contribution in [2.24, 2.45) is 0 Å². The number of benzene rings is 4. The number of anilines is 2. The van der Waals surface area contributed by atoms with Crippen LogP contribution in [0.3, 0.4) is 0 Å². The summed E-state index contributed by atoms with van der Waals surface area (Å²) in [5.41, 5.74) is 2.42. The van der Waals surface area contributed by atoms with E-state index in [1.54, 1.807) is 98.1 Å². The monoisotopic (exact) mass is 571 g/mol. The van der Waals surface area contributed by atoms with Gasteiger partial charge in [-0.3, -0.25) is 14.4 Å². The average Bonchev–Trinajstić information content (AvgIpc) is 2.98. The topological polar surface area (TPSA) is 96.5 Å². The summed E-state index contributed by atoms with van der Waals surface area (Å²) < 4.78 is 5.12. The summed E-state index contributed by atoms with van der Waals surface area (Å²) in [4.78, 5) is 39.1. The van der Waals surface area contributed by atoms with Gasteiger partial charge in [0.15, 0.2) is 0 Å². The highest BCUT2D eigenvalue weighted by Gasteiger charge is 2.15. The van der Waals surface area contributed by atoms with Crippen LogP contribution >= 0.6 is 23.4 Å². The van der Waals surface area contributed by atoms with E-state index in [2.05, 4.69) is 16.0 Å². The first-order valence-corrected chi connectivity index (χ1v) is 13.6. The largest absolute Gasteiger partial charge is 0.497 e. The smallest absolute Gasteiger partial charge is 0.272 e. The van der Waals surface area contributed by atoms with Gasteiger partial charge < -0.3 is 20.7 Å². The van der Waals surface area contributed by atoms with Gasteiger partial charge >= 0.3 is 0 Å². The summed E-state index contributed by atoms with van der Waals surface area (Å²) >= 11 is 7.35. The third-order valence-electron chi connectivity index (χ3n) is 5.57. The molecule has 0 aliphatic heterocycles. The average molecular weight is 572 g/mol. The molecular weight excluding hydrogens is 546 g/mol. The van der Waals surface area contributed by atoms with Gasteiger partial charge in [-0.1, -0.05) is 41.9 Å². The van der Waals surface area contributed by atoms with E-state index in [1.807, 2.05) is 18.2 Å². The number of thioether (sulfide) groups is 1. The Bertz CT molecular complexity index is 1490. The van der Waals surface area contributed by atoms with E-state index in [4.69, 9.17) is 16.3 Å². The van der Waals surface area contributed by atoms with Crippen molar-refractivity contribution in [3.8, 4) is 5.75 Å². The maximum Gasteiger partial charge on any atom is 0.272 e. The molecule has 9 heteroatoms. The summed E-state index contributed by atoms with van der Waals surface area (Å²) in [7, 11) is 1.59. The summed E-state index contributed by atoms with van der Waals surface area (Å²) in [5.74, 6) is -0.101. The molecule has 3 N–H and O–H groups in total. The Hall–Kier alpha value is -4.53. The molecule has 0 aliphatic carbocycles. The molecule has 0 atom stereocenters. The van der Waals surface area contributed by atoms with Gasteiger partial charge in [-0.2, -0.15) is 0 Å². The lowest BCUT2D eigenvalue weighted by atomic mass is 10.1. The number of rotatable bonds is 10. The second-order valence-corrected chi connectivity index (χ2v) is 9.96. The van der Waals surface area contributed by atoms with Crippen molar-refractivity contribution in [2.45, 2.75) is 4.90 Å². The first-order valence-electron chi connectivity index (χ1n) is 12.2. The molecule has 0 radical (unpaired) electrons. The Morgan fingerprint density at radius 1 is 0.800 bits per heavy atom. The summed E-state index contributed by atoms with van der Waals surface area (Å²) in [6, 6.07) is 29.8. The molecule has 7 nitrogen and oxygen atoms in total. The number of ether oxygens (including phenoxy) is 1. The van der Waals surface area contributed by atoms with Crippen LogP contribution in [0.15, 0.2) is 114 Å². The molecule has 0 bridgehead atoms. The fraction of sp³-hybridized carbons (Fsp3) is 0.0645. The predicted molar refractivity (Wildman–Crippen MR) is 161 cm³/mol. The van der Waals surface area contributed by atoms with Gasteiger partial charge in [-0.05, 0) is 84.4 Å². The summed E-state index contributed by atoms with van der Waals surface area (Å²) in [6.45, 7) is 0. The van der Waals surface area contributed by atoms with Crippen molar-refractivity contribution in [3.05, 3.63) is 125 Å². The van der Waals surface area contributed by atoms with Gasteiger partial charge in [0.2, 0.25) is 5.91 Å². The maximum atomic E-state index is 13.2. The first-order chi connectivity index (χ1) is 19.4. The standard InChI is InChI=1S/C31H26ClN3O4S/c1-39-26-15-11-24(12-16-26)33-29(36)20-40-27-17-13-25(14-18-27)34-31(38)28(19-21-7-9-23(32)10-8-21)35-30(37)22-5-3-2-4-6-22/h2-19H,20H2,1H3,(H,33,36)(H,34,38)(H,35,37)/b28-19-. The van der Waals surface area contributed by atoms with E-state index in [1.165, 1.54) is 11.8 Å². The van der Waals surface area contributed by atoms with E-state index < -0.39 is 11.8 Å². The van der Waals surface area contributed by atoms with Crippen molar-refractivity contribution in [2.75, 3.05) is 23.5 Å². The van der Waals surface area contributed by atoms with Crippen LogP contribution in [-0.4, -0.2) is 30.6 Å². The number of hydrogen-bond donors (Lipinski definition) is 3. The van der Waals surface area contributed by atoms with Gasteiger partial charge in [0.1, 0.15) is 11.4 Å². The number of carbonyl (C=O) groups excluding carboxylic acids is 3. The van der Waals surface area contributed by atoms with Crippen molar-refractivity contribution in [1.82, 2.24) is 5.32 Å². The highest BCUT2D eigenvalue weighted by molar-refractivity contribution is 8.00. The van der Waals surface area contributed by atoms with Crippen LogP contribution in [0, 0.1) is 0 Å². The number of methoxy groups -OCH3 is 1. The summed E-state index contributed by atoms with van der Waals surface area (Å²) in [6.07, 6.45) is 1.58. The Morgan fingerprint density at radius 2 is 1.43 bits per heavy atom. The summed E-state index contributed by atoms with van der Waals surface area (Å²) in [5, 5.41) is 8.93. The van der Waals surface area contributed by atoms with E-state index in [-0.39, 0.29) is 17.4 Å². The zero-order valence-corrected chi connectivity index (χ0v) is 23.1. The van der Waals surface area contributed by atoms with E-state index in [0.717, 1.165) is 4.90 Å². The van der Waals surface area contributed by atoms with Crippen molar-refractivity contribution in [1.29, 1.82) is 0 Å². The SMILES string of the molecule is COc1ccc(NC(=O)CSc2ccc(NC(=O)/C(=C/c3ccc(Cl)cc3)NC(=O)c3ccccc3)cc2)cc1. The second kappa shape index (κ2) is 14.0. The first kappa shape index (κ1) is 28.5. The molecule has 0 unspecified atom stereocenters. The molecule has 0 spiro atoms. The van der Waals surface area contributed by atoms with Crippen LogP contribution in [0.5, 0.6) is 5.75 Å². The molecule has 0 aromatic heterocycles. The molecule has 4 aromatic carbocycles. The Morgan fingerprint density at radius 3 is 2.08 bits per heavy atom. The van der Waals surface area contributed by atoms with Gasteiger partial charge in [-0.25, -0.2) is 0 Å². The molecule has 3 amide bonds. The van der Waals surface area contributed by atoms with Crippen LogP contribution in [-0.2, 0) is 9.59 Å². The fourth-order valence-corrected chi connectivity index (χ4v) is 4.35. The second-order valence-electron chi connectivity index (χ2n) is 8.47. The number of nitrogens with one attached hydrogen (secondary N) is 3. The predicted octanol–water partition coefficient (Wildman–Crippen LogP) is 6.49. The lowest BCUT2D eigenvalue weighted by Gasteiger charge is -2.12. The Labute approximate surface area is 241 Å². The number of hydrogen-bond acceptors (Lipinski definition) is 5. The van der Waals surface area contributed by atoms with Crippen molar-refractivity contribution < 1.29 is 19.1 Å². The van der Waals surface area contributed by atoms with Crippen LogP contribution < -0.4 is 20.7 Å². The Balaban J connectivity index is 1.38. The Kier molecular flexibility index (Phi) is 9.99. The zero-order valence-electron chi connectivity index (χ0n) is 21.5. The molecule has 202 valence electrons. The van der Waals surface area contributed by atoms with E-state index >= 15 is 0 Å². The van der Waals surface area contributed by atoms with Crippen LogP contribution in [0.2, 0.25) is 5.02 Å². The number of carbonyl (C=O) groups is 3. The van der Waals surface area contributed by atoms with Gasteiger partial charge in [0.25, 0.3) is 11.8 Å². The molecule has 0 heterocycles. The van der Waals surface area contributed by atoms with Crippen LogP contribution in [0.25, 0.3) is 6.08 Å². The fourth-order valence-electron chi connectivity index (χ4n) is 3.52. The van der Waals surface area contributed by atoms with Gasteiger partial charge in [0.05, 0.1) is 12.9 Å². The lowest BCUT2D eigenvalue weighted by molar-refractivity contribution is -0.114. The molecule has 0 saturated carbocycles. The third-order valence-corrected chi connectivity index (χ3v) is 6.83. The zero-order chi connectivity index (χ0) is 28.3. The van der Waals surface area contributed by atoms with Crippen LogP contribution in [0.4, 0.5) is 11.4 Å². The molecule has 0 saturated heterocycles. The molecule has 40 heavy (non-hydrogen) atoms. The number of amides is 3. The van der Waals surface area contributed by atoms with E-state index in [0.29, 0.717) is 33.3 Å². The molecule has 0 fully saturated rings. The molecule has 4 aromatic rings. The third kappa shape index (κ3) is 8.49. The minimum atomic E-state index is -0.487. The van der Waals surface area contributed by atoms with Gasteiger partial charge in [-0.15, -0.1) is 11.8 Å².